The van der Waals surface area contributed by atoms with Crippen molar-refractivity contribution in [1.29, 1.82) is 5.26 Å². The van der Waals surface area contributed by atoms with E-state index in [1.165, 1.54) is 4.90 Å². The molecule has 2 aromatic carbocycles. The summed E-state index contributed by atoms with van der Waals surface area (Å²) in [6, 6.07) is 14.6. The summed E-state index contributed by atoms with van der Waals surface area (Å²) >= 11 is 0. The molecule has 1 saturated heterocycles. The lowest BCUT2D eigenvalue weighted by Crippen LogP contribution is -2.50. The number of carbonyl (C=O) groups excluding carboxylic acids is 2. The van der Waals surface area contributed by atoms with Crippen molar-refractivity contribution in [2.45, 2.75) is 32.0 Å². The fourth-order valence-corrected chi connectivity index (χ4v) is 4.10. The first kappa shape index (κ1) is 22.7. The highest BCUT2D eigenvalue weighted by atomic mass is 19.1. The number of hydrogen-bond acceptors (Lipinski definition) is 5. The normalized spacial score (nSPS) is 24.0. The number of hydrogen-bond donors (Lipinski definition) is 2. The number of aliphatic hydroxyl groups excluding tert-OH is 1. The maximum atomic E-state index is 14.6. The molecule has 0 aromatic heterocycles. The Morgan fingerprint density at radius 2 is 2.03 bits per heavy atom. The van der Waals surface area contributed by atoms with Crippen LogP contribution in [0.3, 0.4) is 0 Å². The molecule has 1 aliphatic heterocycles. The number of likely N-dealkylation sites (tertiary alicyclic amines) is 1. The molecule has 2 N–H and O–H groups in total. The van der Waals surface area contributed by atoms with Crippen LogP contribution in [0.15, 0.2) is 42.5 Å². The third-order valence-electron chi connectivity index (χ3n) is 6.26. The fraction of sp³-hybridized carbons (Fsp3) is 0.400. The van der Waals surface area contributed by atoms with Gasteiger partial charge < -0.3 is 20.1 Å². The van der Waals surface area contributed by atoms with Gasteiger partial charge in [-0.15, -0.1) is 0 Å². The van der Waals surface area contributed by atoms with Gasteiger partial charge in [-0.25, -0.2) is 4.39 Å². The summed E-state index contributed by atoms with van der Waals surface area (Å²) in [5, 5.41) is 21.5. The van der Waals surface area contributed by atoms with Gasteiger partial charge in [0, 0.05) is 24.6 Å². The van der Waals surface area contributed by atoms with Crippen molar-refractivity contribution < 1.29 is 23.8 Å². The molecule has 2 unspecified atom stereocenters. The van der Waals surface area contributed by atoms with Crippen LogP contribution in [0.4, 0.5) is 10.1 Å². The number of ether oxygens (including phenoxy) is 1. The molecule has 1 saturated carbocycles. The Morgan fingerprint density at radius 1 is 1.27 bits per heavy atom. The van der Waals surface area contributed by atoms with Crippen molar-refractivity contribution >= 4 is 17.5 Å². The SMILES string of the molecule is CC1CC1C(=O)Nc1cccc(-c2ccc(O[C@H]3CCN(C(=O)CO)C[C@H]3F)c(C#N)c2)c1. The lowest BCUT2D eigenvalue weighted by molar-refractivity contribution is -0.138. The number of aliphatic hydroxyl groups is 1. The maximum Gasteiger partial charge on any atom is 0.248 e. The molecule has 0 bridgehead atoms. The minimum absolute atomic E-state index is 0.0219. The molecule has 4 rings (SSSR count). The number of piperidine rings is 1. The second-order valence-corrected chi connectivity index (χ2v) is 8.67. The first-order chi connectivity index (χ1) is 15.9. The van der Waals surface area contributed by atoms with Crippen molar-refractivity contribution in [3.63, 3.8) is 0 Å². The predicted molar refractivity (Wildman–Crippen MR) is 120 cm³/mol. The maximum absolute atomic E-state index is 14.6. The average Bonchev–Trinajstić information content (AvgIpc) is 3.57. The average molecular weight is 451 g/mol. The molecule has 0 radical (unpaired) electrons. The van der Waals surface area contributed by atoms with E-state index in [0.717, 1.165) is 17.5 Å². The monoisotopic (exact) mass is 451 g/mol. The Kier molecular flexibility index (Phi) is 6.61. The number of halogens is 1. The molecule has 2 aromatic rings. The van der Waals surface area contributed by atoms with Crippen molar-refractivity contribution in [1.82, 2.24) is 4.90 Å². The zero-order chi connectivity index (χ0) is 23.5. The first-order valence-corrected chi connectivity index (χ1v) is 11.0. The number of benzene rings is 2. The lowest BCUT2D eigenvalue weighted by Gasteiger charge is -2.34. The van der Waals surface area contributed by atoms with Crippen LogP contribution >= 0.6 is 0 Å². The standard InChI is InChI=1S/C25H26FN3O4/c1-15-9-20(15)25(32)28-19-4-2-3-16(11-19)17-5-6-22(18(10-17)12-27)33-23-7-8-29(13-21(23)26)24(31)14-30/h2-6,10-11,15,20-21,23,30H,7-9,13-14H2,1H3,(H,28,32)/t15?,20?,21-,23+/m1/s1. The van der Waals surface area contributed by atoms with Gasteiger partial charge in [0.25, 0.3) is 0 Å². The second-order valence-electron chi connectivity index (χ2n) is 8.67. The molecular formula is C25H26FN3O4. The van der Waals surface area contributed by atoms with E-state index in [4.69, 9.17) is 9.84 Å². The van der Waals surface area contributed by atoms with Crippen molar-refractivity contribution in [3.8, 4) is 22.9 Å². The number of nitrogens with zero attached hydrogens (tertiary/aromatic N) is 2. The molecular weight excluding hydrogens is 425 g/mol. The highest BCUT2D eigenvalue weighted by Gasteiger charge is 2.39. The summed E-state index contributed by atoms with van der Waals surface area (Å²) in [6.07, 6.45) is -1.03. The number of alkyl halides is 1. The van der Waals surface area contributed by atoms with Gasteiger partial charge in [-0.05, 0) is 47.7 Å². The van der Waals surface area contributed by atoms with Crippen LogP contribution < -0.4 is 10.1 Å². The predicted octanol–water partition coefficient (Wildman–Crippen LogP) is 3.13. The van der Waals surface area contributed by atoms with Crippen molar-refractivity contribution in [2.75, 3.05) is 25.0 Å². The summed E-state index contributed by atoms with van der Waals surface area (Å²) < 4.78 is 20.4. The van der Waals surface area contributed by atoms with Crippen LogP contribution in [0.2, 0.25) is 0 Å². The van der Waals surface area contributed by atoms with Gasteiger partial charge in [0.2, 0.25) is 11.8 Å². The summed E-state index contributed by atoms with van der Waals surface area (Å²) in [4.78, 5) is 25.1. The van der Waals surface area contributed by atoms with Gasteiger partial charge >= 0.3 is 0 Å². The Morgan fingerprint density at radius 3 is 2.70 bits per heavy atom. The first-order valence-electron chi connectivity index (χ1n) is 11.0. The van der Waals surface area contributed by atoms with E-state index in [2.05, 4.69) is 18.3 Å². The Bertz CT molecular complexity index is 1100. The van der Waals surface area contributed by atoms with Gasteiger partial charge in [-0.2, -0.15) is 5.26 Å². The molecule has 4 atom stereocenters. The van der Waals surface area contributed by atoms with Gasteiger partial charge in [0.15, 0.2) is 6.17 Å². The summed E-state index contributed by atoms with van der Waals surface area (Å²) in [6.45, 7) is 1.53. The molecule has 1 aliphatic carbocycles. The number of nitriles is 1. The number of nitrogens with one attached hydrogen (secondary N) is 1. The molecule has 2 aliphatic rings. The van der Waals surface area contributed by atoms with Crippen LogP contribution in [0.5, 0.6) is 5.75 Å². The van der Waals surface area contributed by atoms with E-state index in [1.54, 1.807) is 18.2 Å². The molecule has 2 fully saturated rings. The third-order valence-corrected chi connectivity index (χ3v) is 6.26. The minimum atomic E-state index is -1.42. The van der Waals surface area contributed by atoms with Crippen LogP contribution in [0.25, 0.3) is 11.1 Å². The summed E-state index contributed by atoms with van der Waals surface area (Å²) in [5.41, 5.74) is 2.57. The molecule has 0 spiro atoms. The van der Waals surface area contributed by atoms with Crippen LogP contribution in [0.1, 0.15) is 25.3 Å². The molecule has 7 nitrogen and oxygen atoms in total. The molecule has 33 heavy (non-hydrogen) atoms. The van der Waals surface area contributed by atoms with E-state index in [0.29, 0.717) is 11.6 Å². The van der Waals surface area contributed by atoms with E-state index in [-0.39, 0.29) is 42.6 Å². The number of amides is 2. The topological polar surface area (TPSA) is 103 Å². The summed E-state index contributed by atoms with van der Waals surface area (Å²) in [7, 11) is 0. The van der Waals surface area contributed by atoms with Crippen LogP contribution in [-0.4, -0.2) is 53.8 Å². The Labute approximate surface area is 191 Å². The third kappa shape index (κ3) is 5.15. The van der Waals surface area contributed by atoms with Gasteiger partial charge in [0.05, 0.1) is 12.1 Å². The van der Waals surface area contributed by atoms with Crippen molar-refractivity contribution in [2.24, 2.45) is 11.8 Å². The van der Waals surface area contributed by atoms with Gasteiger partial charge in [0.1, 0.15) is 24.5 Å². The van der Waals surface area contributed by atoms with E-state index < -0.39 is 24.8 Å². The van der Waals surface area contributed by atoms with Crippen LogP contribution in [-0.2, 0) is 9.59 Å². The van der Waals surface area contributed by atoms with Gasteiger partial charge in [-0.3, -0.25) is 9.59 Å². The van der Waals surface area contributed by atoms with Crippen molar-refractivity contribution in [3.05, 3.63) is 48.0 Å². The smallest absolute Gasteiger partial charge is 0.248 e. The second kappa shape index (κ2) is 9.59. The molecule has 8 heteroatoms. The molecule has 172 valence electrons. The van der Waals surface area contributed by atoms with E-state index in [9.17, 15) is 19.2 Å². The van der Waals surface area contributed by atoms with Crippen LogP contribution in [0, 0.1) is 23.2 Å². The van der Waals surface area contributed by atoms with E-state index >= 15 is 0 Å². The zero-order valence-corrected chi connectivity index (χ0v) is 18.3. The number of anilines is 1. The number of carbonyl (C=O) groups is 2. The highest BCUT2D eigenvalue weighted by Crippen LogP contribution is 2.38. The van der Waals surface area contributed by atoms with Gasteiger partial charge in [-0.1, -0.05) is 25.1 Å². The quantitative estimate of drug-likeness (QED) is 0.703. The molecule has 1 heterocycles. The number of rotatable bonds is 6. The minimum Gasteiger partial charge on any atom is -0.486 e. The summed E-state index contributed by atoms with van der Waals surface area (Å²) in [5.74, 6) is 0.285. The van der Waals surface area contributed by atoms with E-state index in [1.807, 2.05) is 24.3 Å². The largest absolute Gasteiger partial charge is 0.486 e. The Hall–Kier alpha value is -3.44. The fourth-order valence-electron chi connectivity index (χ4n) is 4.10. The Balaban J connectivity index is 1.46. The molecule has 2 amide bonds. The highest BCUT2D eigenvalue weighted by molar-refractivity contribution is 5.95. The lowest BCUT2D eigenvalue weighted by atomic mass is 10.0. The zero-order valence-electron chi connectivity index (χ0n) is 18.3.